The van der Waals surface area contributed by atoms with Crippen LogP contribution in [-0.2, 0) is 16.1 Å². The summed E-state index contributed by atoms with van der Waals surface area (Å²) in [6.07, 6.45) is 3.58. The first-order chi connectivity index (χ1) is 11.0. The second-order valence-corrected chi connectivity index (χ2v) is 7.33. The Morgan fingerprint density at radius 2 is 2.30 bits per heavy atom. The molecule has 1 saturated carbocycles. The van der Waals surface area contributed by atoms with Gasteiger partial charge < -0.3 is 10.6 Å². The van der Waals surface area contributed by atoms with Gasteiger partial charge in [-0.05, 0) is 30.2 Å². The van der Waals surface area contributed by atoms with Gasteiger partial charge in [0.25, 0.3) is 5.91 Å². The minimum atomic E-state index is -0.802. The van der Waals surface area contributed by atoms with Crippen LogP contribution in [0.2, 0.25) is 0 Å². The van der Waals surface area contributed by atoms with Gasteiger partial charge in [0.15, 0.2) is 0 Å². The molecule has 1 aromatic rings. The smallest absolute Gasteiger partial charge is 0.325 e. The Balaban J connectivity index is 1.62. The van der Waals surface area contributed by atoms with Crippen LogP contribution in [0.15, 0.2) is 17.5 Å². The van der Waals surface area contributed by atoms with Crippen molar-refractivity contribution in [3.63, 3.8) is 0 Å². The molecule has 1 aliphatic heterocycles. The molecule has 0 aromatic carbocycles. The van der Waals surface area contributed by atoms with Crippen LogP contribution in [-0.4, -0.2) is 34.8 Å². The summed E-state index contributed by atoms with van der Waals surface area (Å²) >= 11 is 1.55. The van der Waals surface area contributed by atoms with E-state index in [-0.39, 0.29) is 24.3 Å². The lowest BCUT2D eigenvalue weighted by atomic mass is 9.73. The Hall–Kier alpha value is -1.89. The molecule has 2 heterocycles. The topological polar surface area (TPSA) is 78.5 Å². The van der Waals surface area contributed by atoms with Gasteiger partial charge in [-0.25, -0.2) is 4.79 Å². The quantitative estimate of drug-likeness (QED) is 0.825. The van der Waals surface area contributed by atoms with E-state index in [4.69, 9.17) is 0 Å². The van der Waals surface area contributed by atoms with E-state index in [1.54, 1.807) is 11.3 Å². The molecule has 23 heavy (non-hydrogen) atoms. The van der Waals surface area contributed by atoms with Crippen LogP contribution >= 0.6 is 11.3 Å². The van der Waals surface area contributed by atoms with Crippen LogP contribution in [0.1, 0.15) is 37.5 Å². The number of urea groups is 1. The molecule has 1 aromatic heterocycles. The molecule has 2 N–H and O–H groups in total. The number of carbonyl (C=O) groups is 3. The molecular formula is C16H21N3O3S. The van der Waals surface area contributed by atoms with Crippen molar-refractivity contribution >= 4 is 29.2 Å². The second-order valence-electron chi connectivity index (χ2n) is 6.30. The number of imide groups is 1. The molecule has 3 rings (SSSR count). The van der Waals surface area contributed by atoms with Crippen molar-refractivity contribution in [1.82, 2.24) is 15.5 Å². The highest BCUT2D eigenvalue weighted by Gasteiger charge is 2.55. The normalized spacial score (nSPS) is 27.3. The lowest BCUT2D eigenvalue weighted by molar-refractivity contribution is -0.137. The highest BCUT2D eigenvalue weighted by atomic mass is 32.1. The Kier molecular flexibility index (Phi) is 4.39. The average Bonchev–Trinajstić information content (AvgIpc) is 3.12. The number of hydrogen-bond donors (Lipinski definition) is 2. The maximum atomic E-state index is 12.7. The van der Waals surface area contributed by atoms with E-state index in [2.05, 4.69) is 10.6 Å². The molecule has 0 bridgehead atoms. The molecule has 4 amide bonds. The summed E-state index contributed by atoms with van der Waals surface area (Å²) in [7, 11) is 0. The minimum absolute atomic E-state index is 0.104. The van der Waals surface area contributed by atoms with Crippen LogP contribution in [0, 0.1) is 5.92 Å². The third-order valence-electron chi connectivity index (χ3n) is 4.84. The highest BCUT2D eigenvalue weighted by Crippen LogP contribution is 2.38. The van der Waals surface area contributed by atoms with Crippen molar-refractivity contribution in [3.8, 4) is 0 Å². The van der Waals surface area contributed by atoms with Crippen molar-refractivity contribution in [2.75, 3.05) is 6.54 Å². The number of nitrogens with zero attached hydrogens (tertiary/aromatic N) is 1. The zero-order valence-electron chi connectivity index (χ0n) is 13.1. The average molecular weight is 335 g/mol. The van der Waals surface area contributed by atoms with E-state index in [9.17, 15) is 14.4 Å². The summed E-state index contributed by atoms with van der Waals surface area (Å²) in [5, 5.41) is 7.54. The van der Waals surface area contributed by atoms with E-state index < -0.39 is 11.6 Å². The summed E-state index contributed by atoms with van der Waals surface area (Å²) in [5.41, 5.74) is -0.802. The molecule has 0 unspecified atom stereocenters. The van der Waals surface area contributed by atoms with E-state index in [1.807, 2.05) is 24.4 Å². The predicted molar refractivity (Wildman–Crippen MR) is 86.8 cm³/mol. The molecule has 1 spiro atoms. The van der Waals surface area contributed by atoms with Gasteiger partial charge in [-0.1, -0.05) is 25.8 Å². The summed E-state index contributed by atoms with van der Waals surface area (Å²) in [5.74, 6) is -0.463. The molecule has 124 valence electrons. The van der Waals surface area contributed by atoms with Crippen LogP contribution in [0.3, 0.4) is 0 Å². The fourth-order valence-corrected chi connectivity index (χ4v) is 4.08. The zero-order valence-corrected chi connectivity index (χ0v) is 13.9. The van der Waals surface area contributed by atoms with Crippen LogP contribution < -0.4 is 10.6 Å². The van der Waals surface area contributed by atoms with Gasteiger partial charge in [-0.2, -0.15) is 0 Å². The van der Waals surface area contributed by atoms with Gasteiger partial charge in [0, 0.05) is 4.88 Å². The molecule has 1 saturated heterocycles. The fourth-order valence-electron chi connectivity index (χ4n) is 3.44. The van der Waals surface area contributed by atoms with Crippen LogP contribution in [0.25, 0.3) is 0 Å². The van der Waals surface area contributed by atoms with Gasteiger partial charge in [0.2, 0.25) is 5.91 Å². The summed E-state index contributed by atoms with van der Waals surface area (Å²) in [6, 6.07) is 3.39. The first kappa shape index (κ1) is 16.0. The molecule has 2 atom stereocenters. The number of nitrogens with one attached hydrogen (secondary N) is 2. The molecule has 2 fully saturated rings. The maximum absolute atomic E-state index is 12.7. The Morgan fingerprint density at radius 3 is 3.00 bits per heavy atom. The number of thiophene rings is 1. The number of rotatable bonds is 4. The number of hydrogen-bond acceptors (Lipinski definition) is 4. The van der Waals surface area contributed by atoms with Crippen molar-refractivity contribution in [3.05, 3.63) is 22.4 Å². The SMILES string of the molecule is C[C@@H]1CCCC[C@]12NC(=O)N(CC(=O)NCc1cccs1)C2=O. The summed E-state index contributed by atoms with van der Waals surface area (Å²) in [4.78, 5) is 39.1. The standard InChI is InChI=1S/C16H21N3O3S/c1-11-5-2-3-7-16(11)14(21)19(15(22)18-16)10-13(20)17-9-12-6-4-8-23-12/h4,6,8,11H,2-3,5,7,9-10H2,1H3,(H,17,20)(H,18,22)/t11-,16+/m1/s1. The summed E-state index contributed by atoms with van der Waals surface area (Å²) in [6.45, 7) is 2.20. The second kappa shape index (κ2) is 6.31. The third kappa shape index (κ3) is 2.97. The molecule has 2 aliphatic rings. The summed E-state index contributed by atoms with van der Waals surface area (Å²) < 4.78 is 0. The Morgan fingerprint density at radius 1 is 1.48 bits per heavy atom. The van der Waals surface area contributed by atoms with Crippen LogP contribution in [0.5, 0.6) is 0 Å². The number of amides is 4. The Bertz CT molecular complexity index is 616. The van der Waals surface area contributed by atoms with Crippen molar-refractivity contribution in [2.24, 2.45) is 5.92 Å². The minimum Gasteiger partial charge on any atom is -0.350 e. The van der Waals surface area contributed by atoms with Gasteiger partial charge in [-0.15, -0.1) is 11.3 Å². The lowest BCUT2D eigenvalue weighted by Crippen LogP contribution is -2.54. The maximum Gasteiger partial charge on any atom is 0.325 e. The van der Waals surface area contributed by atoms with E-state index in [0.29, 0.717) is 13.0 Å². The molecule has 1 aliphatic carbocycles. The lowest BCUT2D eigenvalue weighted by Gasteiger charge is -2.36. The highest BCUT2D eigenvalue weighted by molar-refractivity contribution is 7.09. The van der Waals surface area contributed by atoms with E-state index >= 15 is 0 Å². The monoisotopic (exact) mass is 335 g/mol. The largest absolute Gasteiger partial charge is 0.350 e. The van der Waals surface area contributed by atoms with Gasteiger partial charge in [-0.3, -0.25) is 14.5 Å². The zero-order chi connectivity index (χ0) is 16.4. The van der Waals surface area contributed by atoms with Crippen molar-refractivity contribution < 1.29 is 14.4 Å². The van der Waals surface area contributed by atoms with Gasteiger partial charge in [0.05, 0.1) is 6.54 Å². The van der Waals surface area contributed by atoms with Crippen molar-refractivity contribution in [2.45, 2.75) is 44.7 Å². The van der Waals surface area contributed by atoms with E-state index in [0.717, 1.165) is 29.0 Å². The molecule has 7 heteroatoms. The van der Waals surface area contributed by atoms with Crippen LogP contribution in [0.4, 0.5) is 4.79 Å². The molecular weight excluding hydrogens is 314 g/mol. The van der Waals surface area contributed by atoms with E-state index in [1.165, 1.54) is 0 Å². The predicted octanol–water partition coefficient (Wildman–Crippen LogP) is 1.86. The first-order valence-electron chi connectivity index (χ1n) is 7.96. The molecule has 6 nitrogen and oxygen atoms in total. The fraction of sp³-hybridized carbons (Fsp3) is 0.562. The number of carbonyl (C=O) groups excluding carboxylic acids is 3. The van der Waals surface area contributed by atoms with Crippen molar-refractivity contribution in [1.29, 1.82) is 0 Å². The third-order valence-corrected chi connectivity index (χ3v) is 5.72. The Labute approximate surface area is 139 Å². The van der Waals surface area contributed by atoms with Gasteiger partial charge >= 0.3 is 6.03 Å². The molecule has 0 radical (unpaired) electrons. The van der Waals surface area contributed by atoms with Gasteiger partial charge in [0.1, 0.15) is 12.1 Å². The first-order valence-corrected chi connectivity index (χ1v) is 8.84.